The normalized spacial score (nSPS) is 9.91. The predicted octanol–water partition coefficient (Wildman–Crippen LogP) is 1.02. The van der Waals surface area contributed by atoms with Crippen LogP contribution in [0.2, 0.25) is 0 Å². The van der Waals surface area contributed by atoms with Gasteiger partial charge >= 0.3 is 12.1 Å². The molecule has 6 heteroatoms. The van der Waals surface area contributed by atoms with E-state index in [2.05, 4.69) is 0 Å². The highest BCUT2D eigenvalue weighted by molar-refractivity contribution is 5.73. The Balaban J connectivity index is 0. The third kappa shape index (κ3) is 12.4. The lowest BCUT2D eigenvalue weighted by atomic mass is 10.5. The number of carbonyl (C=O) groups is 1. The number of hydrogen-bond acceptors (Lipinski definition) is 2. The van der Waals surface area contributed by atoms with E-state index in [1.165, 1.54) is 0 Å². The Labute approximate surface area is 61.5 Å². The highest BCUT2D eigenvalue weighted by Gasteiger charge is 2.38. The number of aliphatic carboxylic acids is 1. The van der Waals surface area contributed by atoms with Gasteiger partial charge in [-0.1, -0.05) is 6.92 Å². The van der Waals surface area contributed by atoms with Crippen molar-refractivity contribution >= 4 is 5.97 Å². The molecule has 68 valence electrons. The minimum Gasteiger partial charge on any atom is -0.475 e. The van der Waals surface area contributed by atoms with Crippen LogP contribution >= 0.6 is 0 Å². The van der Waals surface area contributed by atoms with Crippen molar-refractivity contribution in [2.75, 3.05) is 6.61 Å². The van der Waals surface area contributed by atoms with Crippen LogP contribution in [0.1, 0.15) is 13.3 Å². The van der Waals surface area contributed by atoms with E-state index in [-0.39, 0.29) is 0 Å². The van der Waals surface area contributed by atoms with Crippen molar-refractivity contribution in [2.24, 2.45) is 0 Å². The Kier molecular flexibility index (Phi) is 6.97. The molecule has 0 aromatic heterocycles. The molecule has 0 atom stereocenters. The van der Waals surface area contributed by atoms with Gasteiger partial charge < -0.3 is 10.2 Å². The maximum atomic E-state index is 10.6. The first kappa shape index (κ1) is 12.9. The zero-order valence-electron chi connectivity index (χ0n) is 5.85. The molecule has 3 nitrogen and oxygen atoms in total. The van der Waals surface area contributed by atoms with Gasteiger partial charge in [-0.05, 0) is 6.42 Å². The molecule has 0 unspecified atom stereocenters. The Morgan fingerprint density at radius 2 is 1.64 bits per heavy atom. The van der Waals surface area contributed by atoms with Gasteiger partial charge in [-0.3, -0.25) is 0 Å². The molecular weight excluding hydrogens is 165 g/mol. The van der Waals surface area contributed by atoms with E-state index >= 15 is 0 Å². The van der Waals surface area contributed by atoms with Crippen molar-refractivity contribution in [1.82, 2.24) is 0 Å². The minimum atomic E-state index is -5.08. The Hall–Kier alpha value is -0.780. The SMILES string of the molecule is CCCO.O=C(O)C(F)(F)F. The molecule has 0 rings (SSSR count). The summed E-state index contributed by atoms with van der Waals surface area (Å²) in [5.41, 5.74) is 0. The molecule has 0 saturated heterocycles. The summed E-state index contributed by atoms with van der Waals surface area (Å²) in [5, 5.41) is 15.0. The number of alkyl halides is 3. The van der Waals surface area contributed by atoms with E-state index in [0.29, 0.717) is 6.61 Å². The van der Waals surface area contributed by atoms with Crippen LogP contribution in [0.15, 0.2) is 0 Å². The van der Waals surface area contributed by atoms with Gasteiger partial charge in [0.1, 0.15) is 0 Å². The highest BCUT2D eigenvalue weighted by Crippen LogP contribution is 2.13. The van der Waals surface area contributed by atoms with E-state index in [0.717, 1.165) is 6.42 Å². The molecule has 0 fully saturated rings. The first-order chi connectivity index (χ1) is 4.86. The summed E-state index contributed by atoms with van der Waals surface area (Å²) in [6, 6.07) is 0. The van der Waals surface area contributed by atoms with Crippen LogP contribution in [0.3, 0.4) is 0 Å². The van der Waals surface area contributed by atoms with Gasteiger partial charge in [0.2, 0.25) is 0 Å². The van der Waals surface area contributed by atoms with Crippen LogP contribution in [-0.2, 0) is 4.79 Å². The summed E-state index contributed by atoms with van der Waals surface area (Å²) in [7, 11) is 0. The molecule has 11 heavy (non-hydrogen) atoms. The van der Waals surface area contributed by atoms with Crippen molar-refractivity contribution in [1.29, 1.82) is 0 Å². The van der Waals surface area contributed by atoms with Crippen LogP contribution in [0.25, 0.3) is 0 Å². The molecule has 0 radical (unpaired) electrons. The van der Waals surface area contributed by atoms with Gasteiger partial charge in [-0.15, -0.1) is 0 Å². The Morgan fingerprint density at radius 1 is 1.45 bits per heavy atom. The summed E-state index contributed by atoms with van der Waals surface area (Å²) in [6.07, 6.45) is -4.21. The van der Waals surface area contributed by atoms with E-state index in [1.54, 1.807) is 0 Å². The molecule has 0 saturated carbocycles. The molecule has 0 amide bonds. The summed E-state index contributed by atoms with van der Waals surface area (Å²) < 4.78 is 31.7. The second-order valence-electron chi connectivity index (χ2n) is 1.53. The number of halogens is 3. The molecule has 0 spiro atoms. The fourth-order valence-electron chi connectivity index (χ4n) is 0. The molecule has 0 bridgehead atoms. The summed E-state index contributed by atoms with van der Waals surface area (Å²) >= 11 is 0. The molecule has 0 aromatic carbocycles. The highest BCUT2D eigenvalue weighted by atomic mass is 19.4. The van der Waals surface area contributed by atoms with Gasteiger partial charge in [0, 0.05) is 6.61 Å². The Morgan fingerprint density at radius 3 is 1.64 bits per heavy atom. The average Bonchev–Trinajstić information content (AvgIpc) is 1.87. The monoisotopic (exact) mass is 174 g/mol. The second kappa shape index (κ2) is 5.96. The average molecular weight is 174 g/mol. The second-order valence-corrected chi connectivity index (χ2v) is 1.53. The summed E-state index contributed by atoms with van der Waals surface area (Å²) in [5.74, 6) is -2.76. The van der Waals surface area contributed by atoms with Gasteiger partial charge in [0.25, 0.3) is 0 Å². The van der Waals surface area contributed by atoms with Crippen LogP contribution in [0.5, 0.6) is 0 Å². The van der Waals surface area contributed by atoms with E-state index in [4.69, 9.17) is 15.0 Å². The standard InChI is InChI=1S/C3H8O.C2HF3O2/c1-2-3-4;3-2(4,5)1(6)7/h4H,2-3H2,1H3;(H,6,7). The Bertz CT molecular complexity index is 108. The molecule has 0 aromatic rings. The van der Waals surface area contributed by atoms with Crippen LogP contribution in [0, 0.1) is 0 Å². The maximum Gasteiger partial charge on any atom is 0.490 e. The van der Waals surface area contributed by atoms with Crippen molar-refractivity contribution < 1.29 is 28.2 Å². The van der Waals surface area contributed by atoms with Gasteiger partial charge in [0.15, 0.2) is 0 Å². The van der Waals surface area contributed by atoms with Gasteiger partial charge in [-0.25, -0.2) is 4.79 Å². The zero-order valence-corrected chi connectivity index (χ0v) is 5.85. The lowest BCUT2D eigenvalue weighted by molar-refractivity contribution is -0.192. The predicted molar refractivity (Wildman–Crippen MR) is 31.1 cm³/mol. The van der Waals surface area contributed by atoms with E-state index in [1.807, 2.05) is 6.92 Å². The van der Waals surface area contributed by atoms with Gasteiger partial charge in [0.05, 0.1) is 0 Å². The third-order valence-electron chi connectivity index (χ3n) is 0.466. The first-order valence-corrected chi connectivity index (χ1v) is 2.77. The van der Waals surface area contributed by atoms with Crippen molar-refractivity contribution in [2.45, 2.75) is 19.5 Å². The van der Waals surface area contributed by atoms with Crippen LogP contribution < -0.4 is 0 Å². The largest absolute Gasteiger partial charge is 0.490 e. The zero-order chi connectivity index (χ0) is 9.49. The fraction of sp³-hybridized carbons (Fsp3) is 0.800. The number of aliphatic hydroxyl groups is 1. The number of rotatable bonds is 1. The molecule has 0 aliphatic rings. The van der Waals surface area contributed by atoms with E-state index < -0.39 is 12.1 Å². The van der Waals surface area contributed by atoms with Crippen molar-refractivity contribution in [3.05, 3.63) is 0 Å². The number of aliphatic hydroxyl groups excluding tert-OH is 1. The van der Waals surface area contributed by atoms with Crippen molar-refractivity contribution in [3.8, 4) is 0 Å². The number of carboxylic acid groups (broad SMARTS) is 1. The fourth-order valence-corrected chi connectivity index (χ4v) is 0. The molecule has 0 aliphatic heterocycles. The molecule has 2 N–H and O–H groups in total. The van der Waals surface area contributed by atoms with E-state index in [9.17, 15) is 13.2 Å². The molecule has 0 heterocycles. The minimum absolute atomic E-state index is 0.319. The quantitative estimate of drug-likeness (QED) is 0.624. The van der Waals surface area contributed by atoms with Crippen LogP contribution in [-0.4, -0.2) is 29.0 Å². The summed E-state index contributed by atoms with van der Waals surface area (Å²) in [4.78, 5) is 8.90. The van der Waals surface area contributed by atoms with Crippen LogP contribution in [0.4, 0.5) is 13.2 Å². The first-order valence-electron chi connectivity index (χ1n) is 2.77. The summed E-state index contributed by atoms with van der Waals surface area (Å²) in [6.45, 7) is 2.25. The van der Waals surface area contributed by atoms with Gasteiger partial charge in [-0.2, -0.15) is 13.2 Å². The maximum absolute atomic E-state index is 10.6. The molecular formula is C5H9F3O3. The lowest BCUT2D eigenvalue weighted by Gasteiger charge is -1.93. The smallest absolute Gasteiger partial charge is 0.475 e. The third-order valence-corrected chi connectivity index (χ3v) is 0.466. The number of carboxylic acids is 1. The molecule has 0 aliphatic carbocycles. The number of hydrogen-bond donors (Lipinski definition) is 2. The topological polar surface area (TPSA) is 57.5 Å². The van der Waals surface area contributed by atoms with Crippen molar-refractivity contribution in [3.63, 3.8) is 0 Å². The lowest BCUT2D eigenvalue weighted by Crippen LogP contribution is -2.21.